The summed E-state index contributed by atoms with van der Waals surface area (Å²) in [6, 6.07) is 8.36. The number of thioether (sulfide) groups is 1. The molecule has 2 aromatic rings. The first-order valence-electron chi connectivity index (χ1n) is 6.07. The Hall–Kier alpha value is -1.53. The van der Waals surface area contributed by atoms with Gasteiger partial charge in [-0.25, -0.2) is 4.39 Å². The Morgan fingerprint density at radius 2 is 2.30 bits per heavy atom. The van der Waals surface area contributed by atoms with Crippen LogP contribution in [0, 0.1) is 5.82 Å². The summed E-state index contributed by atoms with van der Waals surface area (Å²) in [5.74, 6) is -0.336. The van der Waals surface area contributed by atoms with E-state index in [4.69, 9.17) is 5.73 Å². The first-order chi connectivity index (χ1) is 9.56. The lowest BCUT2D eigenvalue weighted by molar-refractivity contribution is -0.119. The summed E-state index contributed by atoms with van der Waals surface area (Å²) in [6.07, 6.45) is 0. The Morgan fingerprint density at radius 3 is 2.95 bits per heavy atom. The minimum atomic E-state index is -0.394. The van der Waals surface area contributed by atoms with Crippen LogP contribution in [0.4, 0.5) is 10.1 Å². The van der Waals surface area contributed by atoms with Crippen molar-refractivity contribution in [3.63, 3.8) is 0 Å². The van der Waals surface area contributed by atoms with Crippen molar-refractivity contribution in [2.24, 2.45) is 0 Å². The number of thiophene rings is 1. The molecule has 106 valence electrons. The molecular weight excluding hydrogens is 295 g/mol. The number of rotatable bonds is 5. The second-order valence-electron chi connectivity index (χ2n) is 4.28. The zero-order valence-corrected chi connectivity index (χ0v) is 12.6. The standard InChI is InChI=1S/C14H15FN2OS2/c1-9(12-3-2-6-19-12)17-14(18)8-20-13-5-4-10(16)7-11(13)15/h2-7,9H,8,16H2,1H3,(H,17,18). The molecule has 1 unspecified atom stereocenters. The SMILES string of the molecule is CC(NC(=O)CSc1ccc(N)cc1F)c1cccs1. The summed E-state index contributed by atoms with van der Waals surface area (Å²) in [5, 5.41) is 4.86. The zero-order valence-electron chi connectivity index (χ0n) is 10.9. The van der Waals surface area contributed by atoms with Crippen molar-refractivity contribution < 1.29 is 9.18 Å². The Balaban J connectivity index is 1.86. The monoisotopic (exact) mass is 310 g/mol. The normalized spacial score (nSPS) is 12.1. The van der Waals surface area contributed by atoms with Gasteiger partial charge < -0.3 is 11.1 Å². The van der Waals surface area contributed by atoms with Gasteiger partial charge in [0, 0.05) is 15.5 Å². The van der Waals surface area contributed by atoms with E-state index in [9.17, 15) is 9.18 Å². The number of carbonyl (C=O) groups excluding carboxylic acids is 1. The fourth-order valence-corrected chi connectivity index (χ4v) is 3.13. The zero-order chi connectivity index (χ0) is 14.5. The number of benzene rings is 1. The summed E-state index contributed by atoms with van der Waals surface area (Å²) in [5.41, 5.74) is 5.85. The molecule has 1 aromatic carbocycles. The summed E-state index contributed by atoms with van der Waals surface area (Å²) in [7, 11) is 0. The lowest BCUT2D eigenvalue weighted by atomic mass is 10.3. The van der Waals surface area contributed by atoms with Crippen molar-refractivity contribution in [2.45, 2.75) is 17.9 Å². The molecule has 3 N–H and O–H groups in total. The first kappa shape index (κ1) is 14.9. The second kappa shape index (κ2) is 6.76. The average molecular weight is 310 g/mol. The molecule has 3 nitrogen and oxygen atoms in total. The molecule has 1 aromatic heterocycles. The molecule has 1 atom stereocenters. The van der Waals surface area contributed by atoms with Crippen molar-refractivity contribution in [1.82, 2.24) is 5.32 Å². The number of hydrogen-bond acceptors (Lipinski definition) is 4. The van der Waals surface area contributed by atoms with Crippen molar-refractivity contribution in [1.29, 1.82) is 0 Å². The fraction of sp³-hybridized carbons (Fsp3) is 0.214. The summed E-state index contributed by atoms with van der Waals surface area (Å²) in [4.78, 5) is 13.4. The predicted molar refractivity (Wildman–Crippen MR) is 82.4 cm³/mol. The van der Waals surface area contributed by atoms with E-state index < -0.39 is 5.82 Å². The van der Waals surface area contributed by atoms with Crippen molar-refractivity contribution in [2.75, 3.05) is 11.5 Å². The summed E-state index contributed by atoms with van der Waals surface area (Å²) in [6.45, 7) is 1.93. The van der Waals surface area contributed by atoms with Gasteiger partial charge in [0.1, 0.15) is 5.82 Å². The van der Waals surface area contributed by atoms with Crippen LogP contribution >= 0.6 is 23.1 Å². The molecule has 0 spiro atoms. The number of nitrogen functional groups attached to an aromatic ring is 1. The quantitative estimate of drug-likeness (QED) is 0.657. The number of amides is 1. The Kier molecular flexibility index (Phi) is 5.03. The number of halogens is 1. The maximum absolute atomic E-state index is 13.6. The summed E-state index contributed by atoms with van der Waals surface area (Å²) >= 11 is 2.76. The van der Waals surface area contributed by atoms with Gasteiger partial charge in [-0.3, -0.25) is 4.79 Å². The topological polar surface area (TPSA) is 55.1 Å². The van der Waals surface area contributed by atoms with Gasteiger partial charge in [-0.15, -0.1) is 23.1 Å². The smallest absolute Gasteiger partial charge is 0.230 e. The van der Waals surface area contributed by atoms with E-state index in [1.165, 1.54) is 6.07 Å². The van der Waals surface area contributed by atoms with E-state index in [-0.39, 0.29) is 17.7 Å². The molecule has 0 aliphatic carbocycles. The lowest BCUT2D eigenvalue weighted by Crippen LogP contribution is -2.27. The van der Waals surface area contributed by atoms with E-state index in [0.717, 1.165) is 16.6 Å². The number of anilines is 1. The van der Waals surface area contributed by atoms with Gasteiger partial charge in [-0.2, -0.15) is 0 Å². The number of nitrogens with two attached hydrogens (primary N) is 1. The van der Waals surface area contributed by atoms with E-state index in [2.05, 4.69) is 5.32 Å². The Morgan fingerprint density at radius 1 is 1.50 bits per heavy atom. The van der Waals surface area contributed by atoms with E-state index in [0.29, 0.717) is 10.6 Å². The molecule has 0 saturated heterocycles. The third-order valence-electron chi connectivity index (χ3n) is 2.66. The third kappa shape index (κ3) is 3.98. The van der Waals surface area contributed by atoms with Crippen molar-refractivity contribution in [3.8, 4) is 0 Å². The van der Waals surface area contributed by atoms with E-state index >= 15 is 0 Å². The molecule has 20 heavy (non-hydrogen) atoms. The maximum atomic E-state index is 13.6. The molecule has 2 rings (SSSR count). The summed E-state index contributed by atoms with van der Waals surface area (Å²) < 4.78 is 13.6. The van der Waals surface area contributed by atoms with E-state index in [1.54, 1.807) is 23.5 Å². The van der Waals surface area contributed by atoms with Crippen LogP contribution in [0.25, 0.3) is 0 Å². The van der Waals surface area contributed by atoms with Gasteiger partial charge in [-0.1, -0.05) is 6.07 Å². The molecule has 0 aliphatic rings. The average Bonchev–Trinajstić information content (AvgIpc) is 2.91. The van der Waals surface area contributed by atoms with Crippen LogP contribution in [0.1, 0.15) is 17.8 Å². The third-order valence-corrected chi connectivity index (χ3v) is 4.77. The largest absolute Gasteiger partial charge is 0.399 e. The highest BCUT2D eigenvalue weighted by molar-refractivity contribution is 8.00. The van der Waals surface area contributed by atoms with Crippen LogP contribution in [-0.4, -0.2) is 11.7 Å². The van der Waals surface area contributed by atoms with Gasteiger partial charge in [0.15, 0.2) is 0 Å². The molecule has 0 radical (unpaired) electrons. The molecule has 6 heteroatoms. The van der Waals surface area contributed by atoms with Crippen LogP contribution in [0.5, 0.6) is 0 Å². The highest BCUT2D eigenvalue weighted by Crippen LogP contribution is 2.24. The van der Waals surface area contributed by atoms with Crippen LogP contribution in [0.2, 0.25) is 0 Å². The van der Waals surface area contributed by atoms with Gasteiger partial charge >= 0.3 is 0 Å². The minimum Gasteiger partial charge on any atom is -0.399 e. The minimum absolute atomic E-state index is 0.0284. The molecule has 0 aliphatic heterocycles. The number of nitrogens with one attached hydrogen (secondary N) is 1. The highest BCUT2D eigenvalue weighted by atomic mass is 32.2. The molecule has 0 saturated carbocycles. The van der Waals surface area contributed by atoms with Crippen molar-refractivity contribution in [3.05, 3.63) is 46.4 Å². The number of carbonyl (C=O) groups is 1. The molecular formula is C14H15FN2OS2. The first-order valence-corrected chi connectivity index (χ1v) is 7.93. The highest BCUT2D eigenvalue weighted by Gasteiger charge is 2.11. The second-order valence-corrected chi connectivity index (χ2v) is 6.28. The van der Waals surface area contributed by atoms with Crippen LogP contribution in [0.3, 0.4) is 0 Å². The maximum Gasteiger partial charge on any atom is 0.230 e. The molecule has 1 amide bonds. The van der Waals surface area contributed by atoms with Crippen LogP contribution in [-0.2, 0) is 4.79 Å². The van der Waals surface area contributed by atoms with Crippen LogP contribution in [0.15, 0.2) is 40.6 Å². The number of hydrogen-bond donors (Lipinski definition) is 2. The Labute approximate surface area is 125 Å². The van der Waals surface area contributed by atoms with Gasteiger partial charge in [-0.05, 0) is 36.6 Å². The molecule has 0 fully saturated rings. The van der Waals surface area contributed by atoms with Gasteiger partial charge in [0.05, 0.1) is 11.8 Å². The molecule has 0 bridgehead atoms. The molecule has 1 heterocycles. The van der Waals surface area contributed by atoms with Gasteiger partial charge in [0.25, 0.3) is 0 Å². The van der Waals surface area contributed by atoms with E-state index in [1.807, 2.05) is 24.4 Å². The van der Waals surface area contributed by atoms with Gasteiger partial charge in [0.2, 0.25) is 5.91 Å². The fourth-order valence-electron chi connectivity index (χ4n) is 1.67. The predicted octanol–water partition coefficient (Wildman–Crippen LogP) is 3.44. The van der Waals surface area contributed by atoms with Crippen molar-refractivity contribution >= 4 is 34.7 Å². The Bertz CT molecular complexity index is 587. The lowest BCUT2D eigenvalue weighted by Gasteiger charge is -2.12. The van der Waals surface area contributed by atoms with Crippen LogP contribution < -0.4 is 11.1 Å².